The number of nitrogens with zero attached hydrogens (tertiary/aromatic N) is 1. The summed E-state index contributed by atoms with van der Waals surface area (Å²) < 4.78 is 0. The summed E-state index contributed by atoms with van der Waals surface area (Å²) in [7, 11) is 1.76. The van der Waals surface area contributed by atoms with Crippen LogP contribution in [0.15, 0.2) is 28.8 Å². The maximum absolute atomic E-state index is 3.85. The molecule has 17 heavy (non-hydrogen) atoms. The number of hydrogen-bond acceptors (Lipinski definition) is 1. The highest BCUT2D eigenvalue weighted by Gasteiger charge is 1.79. The third kappa shape index (κ3) is 69.3. The number of rotatable bonds is 2. The van der Waals surface area contributed by atoms with Crippen molar-refractivity contribution in [1.29, 1.82) is 0 Å². The first-order valence-electron chi connectivity index (χ1n) is 6.92. The molecule has 0 N–H and O–H groups in total. The van der Waals surface area contributed by atoms with Crippen LogP contribution in [0.5, 0.6) is 0 Å². The monoisotopic (exact) mass is 243 g/mol. The molecule has 0 aliphatic carbocycles. The average molecular weight is 243 g/mol. The van der Waals surface area contributed by atoms with Crippen molar-refractivity contribution in [2.24, 2.45) is 4.99 Å². The molecule has 1 nitrogen and oxygen atoms in total. The van der Waals surface area contributed by atoms with Crippen molar-refractivity contribution >= 4 is 6.21 Å². The molecule has 1 heteroatoms. The molecule has 0 saturated carbocycles. The molecule has 0 spiro atoms. The molecule has 0 bridgehead atoms. The standard InChI is InChI=1S/C8H13N.4C2H6/c1-7(2)5-8(3)6-9-4;4*1-2/h5-6H,1H2,2-4H3;4*1-2H3/b8-5-,9-6?;;;;. The van der Waals surface area contributed by atoms with Gasteiger partial charge in [-0.05, 0) is 19.4 Å². The molecule has 0 aromatic rings. The maximum Gasteiger partial charge on any atom is 0.0277 e. The Hall–Kier alpha value is -0.850. The molecule has 0 aromatic heterocycles. The van der Waals surface area contributed by atoms with E-state index in [4.69, 9.17) is 0 Å². The topological polar surface area (TPSA) is 12.4 Å². The van der Waals surface area contributed by atoms with Crippen LogP contribution >= 0.6 is 0 Å². The quantitative estimate of drug-likeness (QED) is 0.398. The average Bonchev–Trinajstić information content (AvgIpc) is 2.38. The van der Waals surface area contributed by atoms with E-state index in [9.17, 15) is 0 Å². The zero-order valence-corrected chi connectivity index (χ0v) is 14.3. The van der Waals surface area contributed by atoms with Gasteiger partial charge in [0.15, 0.2) is 0 Å². The Morgan fingerprint density at radius 1 is 0.824 bits per heavy atom. The molecule has 106 valence electrons. The fourth-order valence-electron chi connectivity index (χ4n) is 0.630. The summed E-state index contributed by atoms with van der Waals surface area (Å²) in [6.45, 7) is 23.7. The lowest BCUT2D eigenvalue weighted by Crippen LogP contribution is -1.76. The van der Waals surface area contributed by atoms with Crippen molar-refractivity contribution in [2.45, 2.75) is 69.2 Å². The van der Waals surface area contributed by atoms with Crippen molar-refractivity contribution in [3.05, 3.63) is 23.8 Å². The molecule has 0 aromatic carbocycles. The second-order valence-corrected chi connectivity index (χ2v) is 2.12. The molecule has 0 heterocycles. The van der Waals surface area contributed by atoms with Gasteiger partial charge in [0, 0.05) is 13.3 Å². The maximum atomic E-state index is 3.85. The van der Waals surface area contributed by atoms with E-state index >= 15 is 0 Å². The van der Waals surface area contributed by atoms with Gasteiger partial charge in [0.05, 0.1) is 0 Å². The minimum absolute atomic E-state index is 1.06. The lowest BCUT2D eigenvalue weighted by molar-refractivity contribution is 1.43. The van der Waals surface area contributed by atoms with Gasteiger partial charge in [-0.2, -0.15) is 0 Å². The van der Waals surface area contributed by atoms with E-state index in [0.717, 1.165) is 11.1 Å². The smallest absolute Gasteiger partial charge is 0.0277 e. The highest BCUT2D eigenvalue weighted by Crippen LogP contribution is 1.95. The van der Waals surface area contributed by atoms with E-state index in [2.05, 4.69) is 11.6 Å². The van der Waals surface area contributed by atoms with Crippen LogP contribution < -0.4 is 0 Å². The second-order valence-electron chi connectivity index (χ2n) is 2.12. The highest BCUT2D eigenvalue weighted by molar-refractivity contribution is 5.78. The van der Waals surface area contributed by atoms with E-state index < -0.39 is 0 Å². The second kappa shape index (κ2) is 45.7. The van der Waals surface area contributed by atoms with Gasteiger partial charge in [0.2, 0.25) is 0 Å². The molecule has 0 rings (SSSR count). The Bertz CT molecular complexity index is 153. The lowest BCUT2D eigenvalue weighted by atomic mass is 10.2. The van der Waals surface area contributed by atoms with Crippen LogP contribution in [0.2, 0.25) is 0 Å². The first kappa shape index (κ1) is 29.8. The van der Waals surface area contributed by atoms with Crippen LogP contribution in [0.3, 0.4) is 0 Å². The molecule has 0 aliphatic heterocycles. The van der Waals surface area contributed by atoms with Crippen LogP contribution in [0.25, 0.3) is 0 Å². The molecule has 0 amide bonds. The Balaban J connectivity index is -0.0000000507. The molecule has 0 saturated heterocycles. The molecule has 0 unspecified atom stereocenters. The summed E-state index contributed by atoms with van der Waals surface area (Å²) in [5.41, 5.74) is 2.21. The highest BCUT2D eigenvalue weighted by atomic mass is 14.6. The fourth-order valence-corrected chi connectivity index (χ4v) is 0.630. The van der Waals surface area contributed by atoms with E-state index in [1.165, 1.54) is 0 Å². The van der Waals surface area contributed by atoms with Gasteiger partial charge < -0.3 is 0 Å². The number of hydrogen-bond donors (Lipinski definition) is 0. The van der Waals surface area contributed by atoms with Crippen LogP contribution in [0.1, 0.15) is 69.2 Å². The fraction of sp³-hybridized carbons (Fsp3) is 0.688. The molecular weight excluding hydrogens is 206 g/mol. The summed E-state index contributed by atoms with van der Waals surface area (Å²) in [5.74, 6) is 0. The van der Waals surface area contributed by atoms with Crippen molar-refractivity contribution < 1.29 is 0 Å². The summed E-state index contributed by atoms with van der Waals surface area (Å²) in [6.07, 6.45) is 3.81. The van der Waals surface area contributed by atoms with Crippen LogP contribution in [0, 0.1) is 0 Å². The van der Waals surface area contributed by atoms with Gasteiger partial charge in [0.25, 0.3) is 0 Å². The van der Waals surface area contributed by atoms with E-state index in [1.54, 1.807) is 7.05 Å². The summed E-state index contributed by atoms with van der Waals surface area (Å²) in [5, 5.41) is 0. The van der Waals surface area contributed by atoms with Gasteiger partial charge in [-0.15, -0.1) is 0 Å². The van der Waals surface area contributed by atoms with Crippen LogP contribution in [-0.2, 0) is 0 Å². The van der Waals surface area contributed by atoms with Gasteiger partial charge in [-0.3, -0.25) is 4.99 Å². The molecule has 0 radical (unpaired) electrons. The van der Waals surface area contributed by atoms with Crippen LogP contribution in [-0.4, -0.2) is 13.3 Å². The predicted molar refractivity (Wildman–Crippen MR) is 88.4 cm³/mol. The van der Waals surface area contributed by atoms with Crippen LogP contribution in [0.4, 0.5) is 0 Å². The molecule has 0 atom stereocenters. The minimum atomic E-state index is 1.06. The first-order chi connectivity index (χ1) is 8.16. The molecular formula is C16H37N. The Morgan fingerprint density at radius 3 is 1.29 bits per heavy atom. The van der Waals surface area contributed by atoms with Crippen molar-refractivity contribution in [3.63, 3.8) is 0 Å². The third-order valence-electron chi connectivity index (χ3n) is 0.807. The Labute approximate surface area is 112 Å². The predicted octanol–water partition coefficient (Wildman–Crippen LogP) is 6.31. The Kier molecular flexibility index (Phi) is 80.1. The van der Waals surface area contributed by atoms with Gasteiger partial charge in [-0.1, -0.05) is 73.6 Å². The van der Waals surface area contributed by atoms with Gasteiger partial charge in [-0.25, -0.2) is 0 Å². The van der Waals surface area contributed by atoms with E-state index in [1.807, 2.05) is 81.5 Å². The molecule has 0 aliphatic rings. The van der Waals surface area contributed by atoms with E-state index in [-0.39, 0.29) is 0 Å². The summed E-state index contributed by atoms with van der Waals surface area (Å²) in [4.78, 5) is 3.85. The number of allylic oxidation sites excluding steroid dienone is 3. The zero-order chi connectivity index (χ0) is 15.3. The van der Waals surface area contributed by atoms with E-state index in [0.29, 0.717) is 0 Å². The summed E-state index contributed by atoms with van der Waals surface area (Å²) in [6, 6.07) is 0. The lowest BCUT2D eigenvalue weighted by Gasteiger charge is -1.88. The first-order valence-corrected chi connectivity index (χ1v) is 6.92. The Morgan fingerprint density at radius 2 is 1.12 bits per heavy atom. The van der Waals surface area contributed by atoms with Gasteiger partial charge >= 0.3 is 0 Å². The molecule has 0 fully saturated rings. The normalized spacial score (nSPS) is 8.06. The third-order valence-corrected chi connectivity index (χ3v) is 0.807. The zero-order valence-electron chi connectivity index (χ0n) is 14.3. The largest absolute Gasteiger partial charge is 0.296 e. The van der Waals surface area contributed by atoms with Crippen molar-refractivity contribution in [2.75, 3.05) is 7.05 Å². The minimum Gasteiger partial charge on any atom is -0.296 e. The van der Waals surface area contributed by atoms with Gasteiger partial charge in [0.1, 0.15) is 0 Å². The SMILES string of the molecule is C=C(C)/C=C(/C)C=NC.CC.CC.CC.CC. The number of aliphatic imine (C=N–C) groups is 1. The van der Waals surface area contributed by atoms with Crippen molar-refractivity contribution in [1.82, 2.24) is 0 Å². The van der Waals surface area contributed by atoms with Crippen molar-refractivity contribution in [3.8, 4) is 0 Å². The summed E-state index contributed by atoms with van der Waals surface area (Å²) >= 11 is 0.